The Morgan fingerprint density at radius 1 is 1.14 bits per heavy atom. The molecule has 1 atom stereocenters. The van der Waals surface area contributed by atoms with Gasteiger partial charge in [0.1, 0.15) is 5.76 Å². The third-order valence-electron chi connectivity index (χ3n) is 6.17. The number of halogens is 1. The number of aliphatic imine (C=N–C) groups is 1. The molecule has 0 aromatic carbocycles. The fourth-order valence-electron chi connectivity index (χ4n) is 4.47. The molecule has 3 heterocycles. The summed E-state index contributed by atoms with van der Waals surface area (Å²) in [6.07, 6.45) is 12.9. The molecule has 29 heavy (non-hydrogen) atoms. The van der Waals surface area contributed by atoms with Crippen LogP contribution in [-0.4, -0.2) is 62.0 Å². The first kappa shape index (κ1) is 22.9. The molecule has 0 radical (unpaired) electrons. The van der Waals surface area contributed by atoms with Crippen LogP contribution in [0.3, 0.4) is 0 Å². The maximum Gasteiger partial charge on any atom is 0.194 e. The van der Waals surface area contributed by atoms with Crippen LogP contribution in [0.25, 0.3) is 0 Å². The number of nitrogens with zero attached hydrogens (tertiary/aromatic N) is 2. The Labute approximate surface area is 191 Å². The number of nitrogens with one attached hydrogen (secondary N) is 1. The van der Waals surface area contributed by atoms with Gasteiger partial charge in [0.05, 0.1) is 25.1 Å². The molecule has 7 heteroatoms. The van der Waals surface area contributed by atoms with Gasteiger partial charge in [-0.2, -0.15) is 0 Å². The zero-order chi connectivity index (χ0) is 19.0. The molecule has 1 saturated carbocycles. The third kappa shape index (κ3) is 7.14. The Hall–Kier alpha value is -0.800. The lowest BCUT2D eigenvalue weighted by molar-refractivity contribution is -0.0367. The fraction of sp³-hybridized carbons (Fsp3) is 0.773. The topological polar surface area (TPSA) is 59.2 Å². The number of ether oxygens (including phenoxy) is 2. The van der Waals surface area contributed by atoms with E-state index in [1.165, 1.54) is 32.1 Å². The molecule has 1 aromatic heterocycles. The highest BCUT2D eigenvalue weighted by atomic mass is 127. The minimum absolute atomic E-state index is 0. The first-order chi connectivity index (χ1) is 13.9. The van der Waals surface area contributed by atoms with Crippen LogP contribution >= 0.6 is 24.0 Å². The summed E-state index contributed by atoms with van der Waals surface area (Å²) < 4.78 is 17.3. The second kappa shape index (κ2) is 12.2. The van der Waals surface area contributed by atoms with E-state index < -0.39 is 0 Å². The first-order valence-corrected chi connectivity index (χ1v) is 11.2. The average Bonchev–Trinajstić information content (AvgIpc) is 3.49. The molecule has 4 rings (SSSR count). The third-order valence-corrected chi connectivity index (χ3v) is 6.17. The van der Waals surface area contributed by atoms with E-state index in [1.54, 1.807) is 6.26 Å². The van der Waals surface area contributed by atoms with E-state index in [9.17, 15) is 0 Å². The van der Waals surface area contributed by atoms with Gasteiger partial charge in [0.2, 0.25) is 0 Å². The second-order valence-corrected chi connectivity index (χ2v) is 8.32. The van der Waals surface area contributed by atoms with Gasteiger partial charge in [-0.1, -0.05) is 12.8 Å². The van der Waals surface area contributed by atoms with E-state index in [4.69, 9.17) is 18.9 Å². The van der Waals surface area contributed by atoms with Gasteiger partial charge in [0, 0.05) is 38.7 Å². The summed E-state index contributed by atoms with van der Waals surface area (Å²) in [7, 11) is 0. The SMILES string of the molecule is I.c1coc(CCN=C(NC2CCCC2)N2CCC(OCC3CCCO3)CC2)c1. The minimum atomic E-state index is 0. The lowest BCUT2D eigenvalue weighted by Crippen LogP contribution is -2.49. The average molecular weight is 517 g/mol. The Balaban J connectivity index is 0.00000240. The van der Waals surface area contributed by atoms with E-state index in [0.29, 0.717) is 18.2 Å². The normalized spacial score (nSPS) is 24.1. The number of furan rings is 1. The summed E-state index contributed by atoms with van der Waals surface area (Å²) in [5.74, 6) is 2.08. The molecule has 0 bridgehead atoms. The van der Waals surface area contributed by atoms with Crippen molar-refractivity contribution >= 4 is 29.9 Å². The zero-order valence-corrected chi connectivity index (χ0v) is 19.7. The summed E-state index contributed by atoms with van der Waals surface area (Å²) in [6.45, 7) is 4.44. The smallest absolute Gasteiger partial charge is 0.194 e. The summed E-state index contributed by atoms with van der Waals surface area (Å²) in [5, 5.41) is 3.74. The van der Waals surface area contributed by atoms with Crippen molar-refractivity contribution < 1.29 is 13.9 Å². The molecule has 1 unspecified atom stereocenters. The van der Waals surface area contributed by atoms with E-state index in [-0.39, 0.29) is 24.0 Å². The molecule has 0 spiro atoms. The van der Waals surface area contributed by atoms with Crippen molar-refractivity contribution in [2.24, 2.45) is 4.99 Å². The van der Waals surface area contributed by atoms with Crippen LogP contribution in [0.15, 0.2) is 27.8 Å². The van der Waals surface area contributed by atoms with Crippen molar-refractivity contribution in [3.63, 3.8) is 0 Å². The zero-order valence-electron chi connectivity index (χ0n) is 17.4. The predicted octanol–water partition coefficient (Wildman–Crippen LogP) is 3.99. The lowest BCUT2D eigenvalue weighted by atomic mass is 10.1. The van der Waals surface area contributed by atoms with Crippen molar-refractivity contribution in [3.8, 4) is 0 Å². The van der Waals surface area contributed by atoms with E-state index in [2.05, 4.69) is 10.2 Å². The molecule has 0 amide bonds. The molecular formula is C22H36IN3O3. The van der Waals surface area contributed by atoms with Crippen molar-refractivity contribution in [2.45, 2.75) is 76.0 Å². The summed E-state index contributed by atoms with van der Waals surface area (Å²) >= 11 is 0. The Morgan fingerprint density at radius 2 is 1.97 bits per heavy atom. The van der Waals surface area contributed by atoms with Crippen LogP contribution < -0.4 is 5.32 Å². The van der Waals surface area contributed by atoms with Crippen LogP contribution in [0.1, 0.15) is 57.1 Å². The van der Waals surface area contributed by atoms with Crippen molar-refractivity contribution in [3.05, 3.63) is 24.2 Å². The summed E-state index contributed by atoms with van der Waals surface area (Å²) in [6, 6.07) is 4.55. The van der Waals surface area contributed by atoms with E-state index in [1.807, 2.05) is 12.1 Å². The van der Waals surface area contributed by atoms with E-state index >= 15 is 0 Å². The number of guanidine groups is 1. The quantitative estimate of drug-likeness (QED) is 0.337. The second-order valence-electron chi connectivity index (χ2n) is 8.32. The van der Waals surface area contributed by atoms with Crippen molar-refractivity contribution in [2.75, 3.05) is 32.8 Å². The fourth-order valence-corrected chi connectivity index (χ4v) is 4.47. The number of likely N-dealkylation sites (tertiary alicyclic amines) is 1. The highest BCUT2D eigenvalue weighted by Gasteiger charge is 2.26. The first-order valence-electron chi connectivity index (χ1n) is 11.2. The minimum Gasteiger partial charge on any atom is -0.469 e. The molecule has 1 aromatic rings. The Morgan fingerprint density at radius 3 is 2.66 bits per heavy atom. The maximum atomic E-state index is 6.13. The van der Waals surface area contributed by atoms with Crippen LogP contribution in [0.2, 0.25) is 0 Å². The largest absolute Gasteiger partial charge is 0.469 e. The molecular weight excluding hydrogens is 481 g/mol. The van der Waals surface area contributed by atoms with Gasteiger partial charge in [0.15, 0.2) is 5.96 Å². The highest BCUT2D eigenvalue weighted by molar-refractivity contribution is 14.0. The van der Waals surface area contributed by atoms with Crippen molar-refractivity contribution in [1.82, 2.24) is 10.2 Å². The molecule has 1 aliphatic carbocycles. The highest BCUT2D eigenvalue weighted by Crippen LogP contribution is 2.20. The maximum absolute atomic E-state index is 6.13. The lowest BCUT2D eigenvalue weighted by Gasteiger charge is -2.35. The molecule has 3 fully saturated rings. The summed E-state index contributed by atoms with van der Waals surface area (Å²) in [5.41, 5.74) is 0. The van der Waals surface area contributed by atoms with Crippen molar-refractivity contribution in [1.29, 1.82) is 0 Å². The number of hydrogen-bond acceptors (Lipinski definition) is 4. The van der Waals surface area contributed by atoms with E-state index in [0.717, 1.165) is 70.3 Å². The van der Waals surface area contributed by atoms with Gasteiger partial charge in [0.25, 0.3) is 0 Å². The molecule has 2 saturated heterocycles. The van der Waals surface area contributed by atoms with Crippen LogP contribution in [0, 0.1) is 0 Å². The van der Waals surface area contributed by atoms with Gasteiger partial charge < -0.3 is 24.1 Å². The van der Waals surface area contributed by atoms with Crippen LogP contribution in [0.4, 0.5) is 0 Å². The predicted molar refractivity (Wildman–Crippen MR) is 125 cm³/mol. The van der Waals surface area contributed by atoms with Gasteiger partial charge in [-0.25, -0.2) is 0 Å². The van der Waals surface area contributed by atoms with Crippen LogP contribution in [0.5, 0.6) is 0 Å². The standard InChI is InChI=1S/C22H35N3O3.HI/c1-2-6-18(5-1)24-22(23-12-9-19-7-3-15-26-19)25-13-10-20(11-14-25)28-17-21-8-4-16-27-21;/h3,7,15,18,20-21H,1-2,4-6,8-14,16-17H2,(H,23,24);1H. The van der Waals surface area contributed by atoms with Crippen LogP contribution in [-0.2, 0) is 15.9 Å². The van der Waals surface area contributed by atoms with Gasteiger partial charge in [-0.15, -0.1) is 24.0 Å². The Bertz CT molecular complexity index is 590. The molecule has 1 N–H and O–H groups in total. The number of piperidine rings is 1. The molecule has 2 aliphatic heterocycles. The molecule has 3 aliphatic rings. The van der Waals surface area contributed by atoms with Gasteiger partial charge >= 0.3 is 0 Å². The monoisotopic (exact) mass is 517 g/mol. The number of rotatable bonds is 7. The summed E-state index contributed by atoms with van der Waals surface area (Å²) in [4.78, 5) is 7.35. The number of hydrogen-bond donors (Lipinski definition) is 1. The molecule has 6 nitrogen and oxygen atoms in total. The van der Waals surface area contributed by atoms with Gasteiger partial charge in [-0.3, -0.25) is 4.99 Å². The van der Waals surface area contributed by atoms with Gasteiger partial charge in [-0.05, 0) is 50.7 Å². The molecule has 164 valence electrons. The Kier molecular flexibility index (Phi) is 9.58.